The Balaban J connectivity index is 0.000000266. The molecule has 0 aliphatic rings. The summed E-state index contributed by atoms with van der Waals surface area (Å²) < 4.78 is 209. The van der Waals surface area contributed by atoms with Crippen LogP contribution in [0.4, 0.5) is 74.3 Å². The molecule has 0 unspecified atom stereocenters. The number of hydrogen-bond acceptors (Lipinski definition) is 0. The maximum atomic E-state index is 13.4. The van der Waals surface area contributed by atoms with Gasteiger partial charge in [-0.1, -0.05) is 72.8 Å². The van der Waals surface area contributed by atoms with Gasteiger partial charge in [0.2, 0.25) is 0 Å². The molecule has 0 N–H and O–H groups in total. The van der Waals surface area contributed by atoms with E-state index in [1.807, 2.05) is 0 Å². The van der Waals surface area contributed by atoms with Crippen LogP contribution in [-0.4, -0.2) is 35.5 Å². The largest absolute Gasteiger partial charge is 0.144 e. The summed E-state index contributed by atoms with van der Waals surface area (Å²) >= 11 is 0. The molecule has 0 nitrogen and oxygen atoms in total. The predicted octanol–water partition coefficient (Wildman–Crippen LogP) is 10.8. The van der Waals surface area contributed by atoms with Crippen LogP contribution in [0.15, 0.2) is 121 Å². The van der Waals surface area contributed by atoms with Gasteiger partial charge in [0.1, 0.15) is 28.5 Å². The topological polar surface area (TPSA) is 0 Å². The Labute approximate surface area is 267 Å². The van der Waals surface area contributed by atoms with Gasteiger partial charge in [0, 0.05) is 0 Å². The predicted molar refractivity (Wildman–Crippen MR) is 155 cm³/mol. The van der Waals surface area contributed by atoms with Crippen molar-refractivity contribution in [2.24, 2.45) is 0 Å². The monoisotopic (exact) mass is 766 g/mol. The molecule has 0 radical (unpaired) electrons. The minimum absolute atomic E-state index is 1.39. The molecule has 0 bridgehead atoms. The van der Waals surface area contributed by atoms with E-state index in [-0.39, 0.29) is 0 Å². The molecule has 0 aliphatic carbocycles. The Morgan fingerprint density at radius 1 is 0.306 bits per heavy atom. The minimum Gasteiger partial charge on any atom is -0.0620 e. The molecule has 19 heteroatoms. The molecule has 4 rings (SSSR count). The SMILES string of the molecule is FC(F)(F)C(F)(F)[PH-](F)(F)(C(F)(F)C(F)(F)F)C(F)(F)C(F)(F)F.c1ccc([P+](c2ccccc2)(c2ccccc2)c2ccccc2)cc1. The van der Waals surface area contributed by atoms with Crippen LogP contribution in [0.3, 0.4) is 0 Å². The standard InChI is InChI=1S/C24H20P.C6HF17P/c1-5-13-21(14-6-1)25(22-15-7-2-8-16-22,23-17-9-3-10-18-23)24-19-11-4-12-20-24;7-1(8,9)4(16,17)24(22,23,5(18,19)2(10,11)12)6(20,21)3(13,14)15/h1-20H;24H/q+1;-1. The molecule has 0 saturated carbocycles. The van der Waals surface area contributed by atoms with Crippen molar-refractivity contribution < 1.29 is 74.3 Å². The molecule has 0 spiro atoms. The first-order valence-corrected chi connectivity index (χ1v) is 17.3. The Bertz CT molecular complexity index is 1430. The van der Waals surface area contributed by atoms with Crippen molar-refractivity contribution in [1.29, 1.82) is 0 Å². The number of rotatable bonds is 7. The molecule has 49 heavy (non-hydrogen) atoms. The second-order valence-electron chi connectivity index (χ2n) is 10.2. The van der Waals surface area contributed by atoms with E-state index in [1.165, 1.54) is 21.2 Å². The summed E-state index contributed by atoms with van der Waals surface area (Å²) in [6.45, 7) is 0. The third-order valence-electron chi connectivity index (χ3n) is 7.30. The van der Waals surface area contributed by atoms with Gasteiger partial charge in [-0.05, 0) is 48.5 Å². The van der Waals surface area contributed by atoms with Crippen molar-refractivity contribution in [3.05, 3.63) is 121 Å². The summed E-state index contributed by atoms with van der Waals surface area (Å²) in [5, 5.41) is 5.55. The molecular formula is C30H21F17P2. The summed E-state index contributed by atoms with van der Waals surface area (Å²) in [4.78, 5) is 0. The smallest absolute Gasteiger partial charge is 0.0620 e. The number of alkyl halides is 15. The minimum atomic E-state index is -13.1. The van der Waals surface area contributed by atoms with Gasteiger partial charge in [-0.3, -0.25) is 0 Å². The fourth-order valence-corrected chi connectivity index (χ4v) is 11.8. The van der Waals surface area contributed by atoms with Crippen LogP contribution in [0.1, 0.15) is 0 Å². The van der Waals surface area contributed by atoms with E-state index in [0.717, 1.165) is 0 Å². The Morgan fingerprint density at radius 3 is 0.612 bits per heavy atom. The molecule has 0 aliphatic heterocycles. The van der Waals surface area contributed by atoms with Crippen molar-refractivity contribution in [2.45, 2.75) is 35.5 Å². The molecule has 0 saturated heterocycles. The molecule has 0 fully saturated rings. The van der Waals surface area contributed by atoms with Crippen LogP contribution in [-0.2, 0) is 0 Å². The second-order valence-corrected chi connectivity index (χ2v) is 17.6. The average molecular weight is 766 g/mol. The fraction of sp³-hybridized carbons (Fsp3) is 0.200. The van der Waals surface area contributed by atoms with Gasteiger partial charge >= 0.3 is 117 Å². The van der Waals surface area contributed by atoms with Gasteiger partial charge in [0.15, 0.2) is 0 Å². The third kappa shape index (κ3) is 6.04. The first-order chi connectivity index (χ1) is 22.2. The summed E-state index contributed by atoms with van der Waals surface area (Å²) in [6, 6.07) is 43.8. The van der Waals surface area contributed by atoms with Gasteiger partial charge in [-0.2, -0.15) is 0 Å². The van der Waals surface area contributed by atoms with Gasteiger partial charge in [-0.25, -0.2) is 0 Å². The normalized spacial score (nSPS) is 14.7. The third-order valence-corrected chi connectivity index (χ3v) is 15.7. The summed E-state index contributed by atoms with van der Waals surface area (Å²) in [7, 11) is -15.0. The van der Waals surface area contributed by atoms with Crippen LogP contribution in [0.2, 0.25) is 0 Å². The van der Waals surface area contributed by atoms with Crippen molar-refractivity contribution >= 4 is 35.7 Å². The van der Waals surface area contributed by atoms with E-state index in [4.69, 9.17) is 0 Å². The Hall–Kier alpha value is -3.45. The molecule has 270 valence electrons. The van der Waals surface area contributed by atoms with E-state index < -0.39 is 50.0 Å². The van der Waals surface area contributed by atoms with E-state index >= 15 is 0 Å². The first-order valence-electron chi connectivity index (χ1n) is 13.2. The number of benzene rings is 4. The second kappa shape index (κ2) is 13.0. The summed E-state index contributed by atoms with van der Waals surface area (Å²) in [5.74, 6) is 0. The fourth-order valence-electron chi connectivity index (χ4n) is 4.84. The van der Waals surface area contributed by atoms with E-state index in [0.29, 0.717) is 0 Å². The maximum Gasteiger partial charge on any atom is 0.144 e. The molecular weight excluding hydrogens is 745 g/mol. The molecule has 4 aromatic rings. The zero-order valence-corrected chi connectivity index (χ0v) is 25.8. The molecule has 0 atom stereocenters. The Kier molecular flexibility index (Phi) is 10.6. The van der Waals surface area contributed by atoms with E-state index in [9.17, 15) is 74.3 Å². The first kappa shape index (κ1) is 40.0. The number of hydrogen-bond donors (Lipinski definition) is 0. The quantitative estimate of drug-likeness (QED) is 0.130. The van der Waals surface area contributed by atoms with Gasteiger partial charge in [-0.15, -0.1) is 0 Å². The summed E-state index contributed by atoms with van der Waals surface area (Å²) in [6.07, 6.45) is -24.9. The Morgan fingerprint density at radius 2 is 0.469 bits per heavy atom. The number of halogens is 17. The van der Waals surface area contributed by atoms with Crippen LogP contribution in [0.5, 0.6) is 0 Å². The van der Waals surface area contributed by atoms with E-state index in [2.05, 4.69) is 121 Å². The maximum absolute atomic E-state index is 13.4. The van der Waals surface area contributed by atoms with Gasteiger partial charge in [0.25, 0.3) is 0 Å². The van der Waals surface area contributed by atoms with Crippen molar-refractivity contribution in [3.8, 4) is 0 Å². The zero-order chi connectivity index (χ0) is 37.4. The molecule has 0 aromatic heterocycles. The van der Waals surface area contributed by atoms with Crippen LogP contribution < -0.4 is 21.2 Å². The zero-order valence-electron chi connectivity index (χ0n) is 23.9. The average Bonchev–Trinajstić information content (AvgIpc) is 3.02. The van der Waals surface area contributed by atoms with Crippen LogP contribution in [0.25, 0.3) is 0 Å². The van der Waals surface area contributed by atoms with Crippen LogP contribution in [0, 0.1) is 0 Å². The van der Waals surface area contributed by atoms with Crippen molar-refractivity contribution in [2.75, 3.05) is 0 Å². The van der Waals surface area contributed by atoms with Crippen molar-refractivity contribution in [1.82, 2.24) is 0 Å². The molecule has 4 aromatic carbocycles. The van der Waals surface area contributed by atoms with Gasteiger partial charge in [0.05, 0.1) is 0 Å². The van der Waals surface area contributed by atoms with Gasteiger partial charge < -0.3 is 0 Å². The molecule has 0 amide bonds. The van der Waals surface area contributed by atoms with Crippen LogP contribution >= 0.6 is 14.5 Å². The summed E-state index contributed by atoms with van der Waals surface area (Å²) in [5.41, 5.74) is -27.0. The van der Waals surface area contributed by atoms with E-state index in [1.54, 1.807) is 0 Å². The molecule has 0 heterocycles. The van der Waals surface area contributed by atoms with Crippen molar-refractivity contribution in [3.63, 3.8) is 0 Å².